The number of nitrogens with zero attached hydrogens (tertiary/aromatic N) is 2. The molecule has 0 aromatic carbocycles. The molecular weight excluding hydrogens is 231 g/mol. The van der Waals surface area contributed by atoms with E-state index in [1.54, 1.807) is 12.4 Å². The number of pyridine rings is 2. The van der Waals surface area contributed by atoms with Crippen molar-refractivity contribution in [2.24, 2.45) is 0 Å². The first-order valence-corrected chi connectivity index (χ1v) is 4.25. The summed E-state index contributed by atoms with van der Waals surface area (Å²) < 4.78 is 0. The van der Waals surface area contributed by atoms with Crippen LogP contribution in [0.5, 0.6) is 0 Å². The molecule has 0 saturated heterocycles. The third kappa shape index (κ3) is 6.58. The SMILES string of the molecule is [CH2-]c1ccccn1.[CH2-]c1ccccn1.[Ni+2]. The minimum atomic E-state index is 0. The van der Waals surface area contributed by atoms with Crippen LogP contribution in [0.2, 0.25) is 0 Å². The van der Waals surface area contributed by atoms with Crippen molar-refractivity contribution in [3.05, 3.63) is 74.0 Å². The van der Waals surface area contributed by atoms with Crippen molar-refractivity contribution in [2.45, 2.75) is 0 Å². The molecule has 0 fully saturated rings. The van der Waals surface area contributed by atoms with Crippen molar-refractivity contribution < 1.29 is 16.5 Å². The standard InChI is InChI=1S/2C6H6N.Ni/c2*1-6-4-2-3-5-7-6;/h2*2-5H,1H2;/q2*-1;+2. The molecule has 2 aromatic rings. The molecule has 2 nitrogen and oxygen atoms in total. The average molecular weight is 243 g/mol. The van der Waals surface area contributed by atoms with Crippen LogP contribution < -0.4 is 0 Å². The molecule has 2 aromatic heterocycles. The summed E-state index contributed by atoms with van der Waals surface area (Å²) in [7, 11) is 0. The molecule has 0 aliphatic carbocycles. The molecule has 0 aliphatic heterocycles. The van der Waals surface area contributed by atoms with Crippen LogP contribution >= 0.6 is 0 Å². The Morgan fingerprint density at radius 2 is 1.13 bits per heavy atom. The summed E-state index contributed by atoms with van der Waals surface area (Å²) in [6.45, 7) is 7.22. The van der Waals surface area contributed by atoms with Gasteiger partial charge in [0.05, 0.1) is 0 Å². The maximum atomic E-state index is 3.87. The third-order valence-corrected chi connectivity index (χ3v) is 1.45. The van der Waals surface area contributed by atoms with Gasteiger partial charge < -0.3 is 0 Å². The van der Waals surface area contributed by atoms with Crippen LogP contribution in [0.1, 0.15) is 11.4 Å². The van der Waals surface area contributed by atoms with Crippen molar-refractivity contribution >= 4 is 0 Å². The average Bonchev–Trinajstić information content (AvgIpc) is 2.21. The van der Waals surface area contributed by atoms with Gasteiger partial charge in [-0.1, -0.05) is 12.1 Å². The molecule has 0 atom stereocenters. The Kier molecular flexibility index (Phi) is 7.12. The molecule has 0 radical (unpaired) electrons. The van der Waals surface area contributed by atoms with Gasteiger partial charge in [0.25, 0.3) is 0 Å². The normalized spacial score (nSPS) is 8.00. The molecule has 0 aliphatic rings. The zero-order chi connectivity index (χ0) is 10.2. The summed E-state index contributed by atoms with van der Waals surface area (Å²) in [6, 6.07) is 11.3. The fourth-order valence-electron chi connectivity index (χ4n) is 0.796. The van der Waals surface area contributed by atoms with Gasteiger partial charge in [-0.25, -0.2) is 13.8 Å². The Morgan fingerprint density at radius 3 is 1.27 bits per heavy atom. The van der Waals surface area contributed by atoms with Crippen LogP contribution in [-0.2, 0) is 16.5 Å². The van der Waals surface area contributed by atoms with E-state index in [1.165, 1.54) is 0 Å². The smallest absolute Gasteiger partial charge is 0.296 e. The number of hydrogen-bond acceptors (Lipinski definition) is 2. The maximum Gasteiger partial charge on any atom is 2.00 e. The van der Waals surface area contributed by atoms with E-state index in [1.807, 2.05) is 36.4 Å². The monoisotopic (exact) mass is 242 g/mol. The summed E-state index contributed by atoms with van der Waals surface area (Å²) in [4.78, 5) is 7.74. The summed E-state index contributed by atoms with van der Waals surface area (Å²) in [6.07, 6.45) is 3.45. The van der Waals surface area contributed by atoms with E-state index in [-0.39, 0.29) is 16.5 Å². The van der Waals surface area contributed by atoms with Gasteiger partial charge in [0.15, 0.2) is 0 Å². The molecular formula is C12H12N2Ni. The van der Waals surface area contributed by atoms with Gasteiger partial charge in [0.2, 0.25) is 0 Å². The van der Waals surface area contributed by atoms with E-state index in [4.69, 9.17) is 0 Å². The van der Waals surface area contributed by atoms with E-state index < -0.39 is 0 Å². The Labute approximate surface area is 101 Å². The van der Waals surface area contributed by atoms with E-state index in [0.717, 1.165) is 11.4 Å². The van der Waals surface area contributed by atoms with Crippen LogP contribution in [0.4, 0.5) is 0 Å². The topological polar surface area (TPSA) is 25.8 Å². The summed E-state index contributed by atoms with van der Waals surface area (Å²) in [5, 5.41) is 0. The number of hydrogen-bond donors (Lipinski definition) is 0. The Morgan fingerprint density at radius 1 is 0.733 bits per heavy atom. The molecule has 0 N–H and O–H groups in total. The summed E-state index contributed by atoms with van der Waals surface area (Å²) in [5.41, 5.74) is 1.64. The number of rotatable bonds is 0. The first-order chi connectivity index (χ1) is 6.79. The molecule has 2 rings (SSSR count). The maximum absolute atomic E-state index is 3.87. The molecule has 2 heterocycles. The molecule has 0 unspecified atom stereocenters. The predicted octanol–water partition coefficient (Wildman–Crippen LogP) is 2.53. The Bertz CT molecular complexity index is 311. The quantitative estimate of drug-likeness (QED) is 0.524. The molecule has 0 amide bonds. The third-order valence-electron chi connectivity index (χ3n) is 1.45. The fourth-order valence-corrected chi connectivity index (χ4v) is 0.796. The molecule has 0 spiro atoms. The van der Waals surface area contributed by atoms with E-state index >= 15 is 0 Å². The summed E-state index contributed by atoms with van der Waals surface area (Å²) in [5.74, 6) is 0. The van der Waals surface area contributed by atoms with Crippen LogP contribution in [0, 0.1) is 13.8 Å². The largest absolute Gasteiger partial charge is 2.00 e. The van der Waals surface area contributed by atoms with Gasteiger partial charge in [-0.2, -0.15) is 12.1 Å². The number of aromatic nitrogens is 2. The Balaban J connectivity index is 0.000000245. The second kappa shape index (κ2) is 7.89. The van der Waals surface area contributed by atoms with Crippen molar-refractivity contribution in [1.82, 2.24) is 9.97 Å². The van der Waals surface area contributed by atoms with Crippen molar-refractivity contribution in [1.29, 1.82) is 0 Å². The van der Waals surface area contributed by atoms with Gasteiger partial charge >= 0.3 is 16.5 Å². The molecule has 0 saturated carbocycles. The molecule has 15 heavy (non-hydrogen) atoms. The first kappa shape index (κ1) is 13.5. The fraction of sp³-hybridized carbons (Fsp3) is 0. The van der Waals surface area contributed by atoms with E-state index in [2.05, 4.69) is 23.8 Å². The first-order valence-electron chi connectivity index (χ1n) is 4.25. The minimum Gasteiger partial charge on any atom is -0.296 e. The van der Waals surface area contributed by atoms with Crippen LogP contribution in [0.25, 0.3) is 0 Å². The molecule has 3 heteroatoms. The van der Waals surface area contributed by atoms with Gasteiger partial charge in [-0.05, 0) is 0 Å². The van der Waals surface area contributed by atoms with Crippen LogP contribution in [0.3, 0.4) is 0 Å². The van der Waals surface area contributed by atoms with E-state index in [0.29, 0.717) is 0 Å². The van der Waals surface area contributed by atoms with Gasteiger partial charge in [0, 0.05) is 12.4 Å². The van der Waals surface area contributed by atoms with E-state index in [9.17, 15) is 0 Å². The zero-order valence-corrected chi connectivity index (χ0v) is 9.23. The van der Waals surface area contributed by atoms with Crippen molar-refractivity contribution in [3.8, 4) is 0 Å². The Hall–Kier alpha value is -1.47. The molecule has 0 bridgehead atoms. The summed E-state index contributed by atoms with van der Waals surface area (Å²) >= 11 is 0. The molecule has 80 valence electrons. The second-order valence-electron chi connectivity index (χ2n) is 2.64. The van der Waals surface area contributed by atoms with Crippen LogP contribution in [0.15, 0.2) is 48.8 Å². The van der Waals surface area contributed by atoms with Crippen molar-refractivity contribution in [3.63, 3.8) is 0 Å². The predicted molar refractivity (Wildman–Crippen MR) is 57.4 cm³/mol. The van der Waals surface area contributed by atoms with Gasteiger partial charge in [-0.3, -0.25) is 9.97 Å². The van der Waals surface area contributed by atoms with Crippen molar-refractivity contribution in [2.75, 3.05) is 0 Å². The minimum absolute atomic E-state index is 0. The second-order valence-corrected chi connectivity index (χ2v) is 2.64. The van der Waals surface area contributed by atoms with Crippen LogP contribution in [-0.4, -0.2) is 9.97 Å². The zero-order valence-electron chi connectivity index (χ0n) is 8.24. The van der Waals surface area contributed by atoms with Gasteiger partial charge in [0.1, 0.15) is 0 Å². The van der Waals surface area contributed by atoms with Gasteiger partial charge in [-0.15, -0.1) is 23.5 Å².